The smallest absolute Gasteiger partial charge is 0.0625 e. The zero-order valence-electron chi connectivity index (χ0n) is 11.2. The summed E-state index contributed by atoms with van der Waals surface area (Å²) in [6.45, 7) is 8.99. The van der Waals surface area contributed by atoms with Crippen LogP contribution in [0.2, 0.25) is 0 Å². The third-order valence-electron chi connectivity index (χ3n) is 4.97. The number of fused-ring (bicyclic) bond motifs is 1. The number of allylic oxidation sites excluding steroid dienone is 2. The first-order valence-electron chi connectivity index (χ1n) is 6.71. The summed E-state index contributed by atoms with van der Waals surface area (Å²) < 4.78 is 0. The van der Waals surface area contributed by atoms with Gasteiger partial charge < -0.3 is 5.11 Å². The van der Waals surface area contributed by atoms with Crippen molar-refractivity contribution in [1.29, 1.82) is 0 Å². The Hall–Kier alpha value is -0.300. The molecule has 0 aromatic heterocycles. The fraction of sp³-hybridized carbons (Fsp3) is 0.867. The van der Waals surface area contributed by atoms with Gasteiger partial charge in [-0.3, -0.25) is 0 Å². The zero-order chi connectivity index (χ0) is 12.0. The molecule has 1 fully saturated rings. The molecule has 2 rings (SSSR count). The fourth-order valence-corrected chi connectivity index (χ4v) is 3.53. The molecule has 1 nitrogen and oxygen atoms in total. The summed E-state index contributed by atoms with van der Waals surface area (Å²) in [6, 6.07) is 0. The molecule has 0 spiro atoms. The second kappa shape index (κ2) is 3.87. The summed E-state index contributed by atoms with van der Waals surface area (Å²) in [5.41, 5.74) is 1.53. The van der Waals surface area contributed by atoms with Crippen LogP contribution in [-0.4, -0.2) is 10.7 Å². The summed E-state index contributed by atoms with van der Waals surface area (Å²) in [5.74, 6) is 1.58. The Kier molecular flexibility index (Phi) is 2.94. The van der Waals surface area contributed by atoms with Crippen LogP contribution in [0.15, 0.2) is 11.6 Å². The van der Waals surface area contributed by atoms with Crippen LogP contribution < -0.4 is 0 Å². The molecule has 16 heavy (non-hydrogen) atoms. The molecule has 0 heterocycles. The lowest BCUT2D eigenvalue weighted by Crippen LogP contribution is -2.25. The lowest BCUT2D eigenvalue weighted by Gasteiger charge is -2.24. The van der Waals surface area contributed by atoms with Crippen molar-refractivity contribution in [2.24, 2.45) is 17.3 Å². The highest BCUT2D eigenvalue weighted by molar-refractivity contribution is 5.10. The predicted molar refractivity (Wildman–Crippen MR) is 68.2 cm³/mol. The van der Waals surface area contributed by atoms with Gasteiger partial charge in [0.25, 0.3) is 0 Å². The quantitative estimate of drug-likeness (QED) is 0.616. The Bertz CT molecular complexity index is 299. The molecule has 2 aliphatic carbocycles. The van der Waals surface area contributed by atoms with E-state index in [1.54, 1.807) is 0 Å². The van der Waals surface area contributed by atoms with Gasteiger partial charge in [-0.15, -0.1) is 0 Å². The van der Waals surface area contributed by atoms with Crippen molar-refractivity contribution in [2.45, 2.75) is 65.4 Å². The zero-order valence-corrected chi connectivity index (χ0v) is 11.2. The third-order valence-corrected chi connectivity index (χ3v) is 4.97. The van der Waals surface area contributed by atoms with Crippen molar-refractivity contribution in [2.75, 3.05) is 0 Å². The SMILES string of the molecule is C/C1=C\CCC(C)(O)C[C@H]2[C@@H](CC1)C2(C)C. The first-order valence-corrected chi connectivity index (χ1v) is 6.71. The minimum Gasteiger partial charge on any atom is -0.390 e. The molecule has 2 aliphatic rings. The van der Waals surface area contributed by atoms with Crippen LogP contribution in [0.25, 0.3) is 0 Å². The minimum atomic E-state index is -0.454. The van der Waals surface area contributed by atoms with Gasteiger partial charge in [-0.1, -0.05) is 25.5 Å². The van der Waals surface area contributed by atoms with Crippen LogP contribution in [0, 0.1) is 17.3 Å². The van der Waals surface area contributed by atoms with E-state index in [0.29, 0.717) is 5.41 Å². The lowest BCUT2D eigenvalue weighted by molar-refractivity contribution is 0.0328. The van der Waals surface area contributed by atoms with E-state index in [4.69, 9.17) is 0 Å². The molecule has 0 bridgehead atoms. The van der Waals surface area contributed by atoms with Crippen LogP contribution in [0.5, 0.6) is 0 Å². The molecule has 1 heteroatoms. The van der Waals surface area contributed by atoms with Crippen molar-refractivity contribution in [3.8, 4) is 0 Å². The maximum atomic E-state index is 10.4. The average molecular weight is 222 g/mol. The molecule has 0 amide bonds. The average Bonchev–Trinajstić information content (AvgIpc) is 2.63. The van der Waals surface area contributed by atoms with E-state index in [0.717, 1.165) is 31.1 Å². The van der Waals surface area contributed by atoms with Gasteiger partial charge in [0.15, 0.2) is 0 Å². The van der Waals surface area contributed by atoms with Crippen molar-refractivity contribution in [1.82, 2.24) is 0 Å². The van der Waals surface area contributed by atoms with E-state index in [9.17, 15) is 5.11 Å². The van der Waals surface area contributed by atoms with Gasteiger partial charge in [-0.05, 0) is 63.2 Å². The van der Waals surface area contributed by atoms with Crippen molar-refractivity contribution < 1.29 is 5.11 Å². The second-order valence-electron chi connectivity index (χ2n) is 6.86. The molecule has 92 valence electrons. The molecule has 1 saturated carbocycles. The van der Waals surface area contributed by atoms with Gasteiger partial charge in [0.2, 0.25) is 0 Å². The van der Waals surface area contributed by atoms with E-state index in [2.05, 4.69) is 26.8 Å². The third kappa shape index (κ3) is 2.34. The predicted octanol–water partition coefficient (Wildman–Crippen LogP) is 3.92. The summed E-state index contributed by atoms with van der Waals surface area (Å²) in [6.07, 6.45) is 7.85. The summed E-state index contributed by atoms with van der Waals surface area (Å²) in [5, 5.41) is 10.4. The number of aliphatic hydroxyl groups is 1. The number of rotatable bonds is 0. The molecule has 1 unspecified atom stereocenters. The maximum Gasteiger partial charge on any atom is 0.0625 e. The lowest BCUT2D eigenvalue weighted by atomic mass is 9.89. The van der Waals surface area contributed by atoms with Gasteiger partial charge in [0, 0.05) is 0 Å². The standard InChI is InChI=1S/C15H26O/c1-11-6-5-9-15(4,16)10-13-12(8-7-11)14(13,2)3/h6,12-13,16H,5,7-10H2,1-4H3/b11-6+/t12-,13+,15?/m1/s1. The highest BCUT2D eigenvalue weighted by Gasteiger charge is 2.57. The Balaban J connectivity index is 2.11. The van der Waals surface area contributed by atoms with Gasteiger partial charge >= 0.3 is 0 Å². The molecule has 0 aliphatic heterocycles. The van der Waals surface area contributed by atoms with Gasteiger partial charge in [-0.2, -0.15) is 0 Å². The van der Waals surface area contributed by atoms with Crippen molar-refractivity contribution >= 4 is 0 Å². The van der Waals surface area contributed by atoms with Crippen molar-refractivity contribution in [3.63, 3.8) is 0 Å². The van der Waals surface area contributed by atoms with Gasteiger partial charge in [0.05, 0.1) is 5.60 Å². The van der Waals surface area contributed by atoms with E-state index in [-0.39, 0.29) is 0 Å². The summed E-state index contributed by atoms with van der Waals surface area (Å²) in [7, 11) is 0. The topological polar surface area (TPSA) is 20.2 Å². The molecule has 3 atom stereocenters. The fourth-order valence-electron chi connectivity index (χ4n) is 3.53. The van der Waals surface area contributed by atoms with Crippen LogP contribution in [-0.2, 0) is 0 Å². The highest BCUT2D eigenvalue weighted by atomic mass is 16.3. The van der Waals surface area contributed by atoms with Gasteiger partial charge in [0.1, 0.15) is 0 Å². The first kappa shape index (κ1) is 12.2. The van der Waals surface area contributed by atoms with Crippen LogP contribution in [0.4, 0.5) is 0 Å². The Morgan fingerprint density at radius 3 is 2.62 bits per heavy atom. The van der Waals surface area contributed by atoms with E-state index < -0.39 is 5.60 Å². The van der Waals surface area contributed by atoms with Gasteiger partial charge in [-0.25, -0.2) is 0 Å². The normalized spacial score (nSPS) is 46.4. The number of hydrogen-bond acceptors (Lipinski definition) is 1. The minimum absolute atomic E-state index is 0.454. The molecular formula is C15H26O. The van der Waals surface area contributed by atoms with Crippen LogP contribution in [0.3, 0.4) is 0 Å². The Morgan fingerprint density at radius 2 is 1.94 bits per heavy atom. The summed E-state index contributed by atoms with van der Waals surface area (Å²) in [4.78, 5) is 0. The second-order valence-corrected chi connectivity index (χ2v) is 6.86. The molecule has 0 aromatic rings. The Labute approximate surface area is 99.9 Å². The first-order chi connectivity index (χ1) is 7.33. The largest absolute Gasteiger partial charge is 0.390 e. The molecule has 1 N–H and O–H groups in total. The van der Waals surface area contributed by atoms with Crippen LogP contribution >= 0.6 is 0 Å². The molecule has 0 aromatic carbocycles. The Morgan fingerprint density at radius 1 is 1.25 bits per heavy atom. The maximum absolute atomic E-state index is 10.4. The van der Waals surface area contributed by atoms with Crippen molar-refractivity contribution in [3.05, 3.63) is 11.6 Å². The van der Waals surface area contributed by atoms with Crippen LogP contribution in [0.1, 0.15) is 59.8 Å². The van der Waals surface area contributed by atoms with E-state index >= 15 is 0 Å². The molecule has 0 radical (unpaired) electrons. The van der Waals surface area contributed by atoms with E-state index in [1.807, 2.05) is 6.92 Å². The highest BCUT2D eigenvalue weighted by Crippen LogP contribution is 2.63. The molecular weight excluding hydrogens is 196 g/mol. The van der Waals surface area contributed by atoms with E-state index in [1.165, 1.54) is 18.4 Å². The number of hydrogen-bond donors (Lipinski definition) is 1. The summed E-state index contributed by atoms with van der Waals surface area (Å²) >= 11 is 0. The monoisotopic (exact) mass is 222 g/mol. The molecule has 0 saturated heterocycles.